The maximum absolute atomic E-state index is 12.6. The number of rotatable bonds is 9. The number of halogens is 1. The van der Waals surface area contributed by atoms with Gasteiger partial charge in [0, 0.05) is 10.6 Å². The number of ketones is 1. The molecule has 0 bridgehead atoms. The highest BCUT2D eigenvalue weighted by molar-refractivity contribution is 6.30. The second-order valence-corrected chi connectivity index (χ2v) is 5.66. The molecule has 5 heteroatoms. The molecule has 0 radical (unpaired) electrons. The van der Waals surface area contributed by atoms with E-state index in [2.05, 4.69) is 6.92 Å². The molecule has 1 rings (SSSR count). The summed E-state index contributed by atoms with van der Waals surface area (Å²) in [7, 11) is 0. The van der Waals surface area contributed by atoms with Crippen LogP contribution in [0.5, 0.6) is 0 Å². The number of esters is 1. The van der Waals surface area contributed by atoms with E-state index in [9.17, 15) is 14.7 Å². The van der Waals surface area contributed by atoms with Gasteiger partial charge in [-0.1, -0.05) is 37.8 Å². The Morgan fingerprint density at radius 2 is 1.77 bits per heavy atom. The molecular formula is C17H23ClO4. The molecule has 1 aromatic carbocycles. The predicted octanol–water partition coefficient (Wildman–Crippen LogP) is 3.79. The Bertz CT molecular complexity index is 498. The van der Waals surface area contributed by atoms with Crippen LogP contribution in [0, 0.1) is 0 Å². The van der Waals surface area contributed by atoms with E-state index in [0.29, 0.717) is 11.4 Å². The molecule has 0 aliphatic rings. The Morgan fingerprint density at radius 3 is 2.32 bits per heavy atom. The number of benzene rings is 1. The monoisotopic (exact) mass is 326 g/mol. The third-order valence-corrected chi connectivity index (χ3v) is 3.74. The van der Waals surface area contributed by atoms with Gasteiger partial charge in [0.25, 0.3) is 0 Å². The van der Waals surface area contributed by atoms with Crippen molar-refractivity contribution in [3.63, 3.8) is 0 Å². The third-order valence-electron chi connectivity index (χ3n) is 3.49. The van der Waals surface area contributed by atoms with Crippen LogP contribution in [0.1, 0.15) is 56.3 Å². The summed E-state index contributed by atoms with van der Waals surface area (Å²) in [5, 5.41) is 11.1. The van der Waals surface area contributed by atoms with Crippen molar-refractivity contribution in [3.8, 4) is 0 Å². The number of hydrogen-bond acceptors (Lipinski definition) is 4. The molecule has 4 nitrogen and oxygen atoms in total. The lowest BCUT2D eigenvalue weighted by Gasteiger charge is -2.24. The highest BCUT2D eigenvalue weighted by atomic mass is 35.5. The standard InChI is InChI=1S/C17H23ClO4/c1-3-5-6-7-12-17(21,16(20)22-4-2)15(19)13-8-10-14(18)11-9-13/h8-11,21H,3-7,12H2,1-2H3. The Hall–Kier alpha value is -1.39. The first kappa shape index (κ1) is 18.7. The maximum Gasteiger partial charge on any atom is 0.346 e. The summed E-state index contributed by atoms with van der Waals surface area (Å²) in [6, 6.07) is 6.11. The number of carbonyl (C=O) groups excluding carboxylic acids is 2. The van der Waals surface area contributed by atoms with Gasteiger partial charge in [0.15, 0.2) is 0 Å². The largest absolute Gasteiger partial charge is 0.464 e. The van der Waals surface area contributed by atoms with Gasteiger partial charge in [0.05, 0.1) is 6.61 Å². The minimum atomic E-state index is -2.13. The Balaban J connectivity index is 2.94. The van der Waals surface area contributed by atoms with Gasteiger partial charge in [-0.15, -0.1) is 0 Å². The van der Waals surface area contributed by atoms with Crippen molar-refractivity contribution < 1.29 is 19.4 Å². The number of ether oxygens (including phenoxy) is 1. The summed E-state index contributed by atoms with van der Waals surface area (Å²) in [6.07, 6.45) is 3.53. The van der Waals surface area contributed by atoms with Gasteiger partial charge >= 0.3 is 5.97 Å². The lowest BCUT2D eigenvalue weighted by Crippen LogP contribution is -2.47. The normalized spacial score (nSPS) is 13.5. The second-order valence-electron chi connectivity index (χ2n) is 5.23. The topological polar surface area (TPSA) is 63.6 Å². The summed E-state index contributed by atoms with van der Waals surface area (Å²) in [5.41, 5.74) is -1.88. The Labute approximate surface area is 136 Å². The summed E-state index contributed by atoms with van der Waals surface area (Å²) in [5.74, 6) is -1.52. The van der Waals surface area contributed by atoms with Gasteiger partial charge in [-0.05, 0) is 44.0 Å². The van der Waals surface area contributed by atoms with Gasteiger partial charge in [0.1, 0.15) is 0 Å². The van der Waals surface area contributed by atoms with Crippen molar-refractivity contribution >= 4 is 23.4 Å². The molecule has 0 heterocycles. The van der Waals surface area contributed by atoms with Crippen LogP contribution < -0.4 is 0 Å². The molecule has 122 valence electrons. The van der Waals surface area contributed by atoms with Crippen LogP contribution in [-0.2, 0) is 9.53 Å². The molecule has 22 heavy (non-hydrogen) atoms. The van der Waals surface area contributed by atoms with E-state index in [-0.39, 0.29) is 18.6 Å². The van der Waals surface area contributed by atoms with Gasteiger partial charge in [-0.2, -0.15) is 0 Å². The number of carbonyl (C=O) groups is 2. The second kappa shape index (κ2) is 8.91. The van der Waals surface area contributed by atoms with Crippen molar-refractivity contribution in [2.75, 3.05) is 6.61 Å². The average molecular weight is 327 g/mol. The average Bonchev–Trinajstić information content (AvgIpc) is 2.51. The molecule has 0 aliphatic carbocycles. The summed E-state index contributed by atoms with van der Waals surface area (Å²) >= 11 is 5.80. The lowest BCUT2D eigenvalue weighted by molar-refractivity contribution is -0.160. The van der Waals surface area contributed by atoms with E-state index < -0.39 is 17.4 Å². The quantitative estimate of drug-likeness (QED) is 0.324. The molecule has 1 atom stereocenters. The van der Waals surface area contributed by atoms with Crippen LogP contribution in [-0.4, -0.2) is 29.1 Å². The molecule has 1 N–H and O–H groups in total. The summed E-state index contributed by atoms with van der Waals surface area (Å²) in [6.45, 7) is 3.82. The van der Waals surface area contributed by atoms with Crippen molar-refractivity contribution in [1.29, 1.82) is 0 Å². The Morgan fingerprint density at radius 1 is 1.14 bits per heavy atom. The highest BCUT2D eigenvalue weighted by Gasteiger charge is 2.45. The first-order valence-corrected chi connectivity index (χ1v) is 8.03. The molecule has 0 aliphatic heterocycles. The van der Waals surface area contributed by atoms with Gasteiger partial charge in [-0.25, -0.2) is 4.79 Å². The molecule has 0 amide bonds. The highest BCUT2D eigenvalue weighted by Crippen LogP contribution is 2.24. The summed E-state index contributed by atoms with van der Waals surface area (Å²) in [4.78, 5) is 24.7. The van der Waals surface area contributed by atoms with Crippen LogP contribution in [0.25, 0.3) is 0 Å². The minimum absolute atomic E-state index is 0.0628. The number of unbranched alkanes of at least 4 members (excludes halogenated alkanes) is 3. The first-order valence-electron chi connectivity index (χ1n) is 7.65. The molecular weight excluding hydrogens is 304 g/mol. The molecule has 0 fully saturated rings. The smallest absolute Gasteiger partial charge is 0.346 e. The van der Waals surface area contributed by atoms with E-state index >= 15 is 0 Å². The molecule has 1 unspecified atom stereocenters. The van der Waals surface area contributed by atoms with E-state index in [1.165, 1.54) is 12.1 Å². The van der Waals surface area contributed by atoms with E-state index in [1.54, 1.807) is 19.1 Å². The zero-order valence-corrected chi connectivity index (χ0v) is 13.9. The number of aliphatic hydroxyl groups is 1. The van der Waals surface area contributed by atoms with E-state index in [4.69, 9.17) is 16.3 Å². The number of Topliss-reactive ketones (excluding diaryl/α,β-unsaturated/α-hetero) is 1. The fraction of sp³-hybridized carbons (Fsp3) is 0.529. The van der Waals surface area contributed by atoms with Gasteiger partial charge < -0.3 is 9.84 Å². The fourth-order valence-corrected chi connectivity index (χ4v) is 2.33. The molecule has 0 saturated carbocycles. The van der Waals surface area contributed by atoms with Crippen LogP contribution in [0.15, 0.2) is 24.3 Å². The van der Waals surface area contributed by atoms with Crippen molar-refractivity contribution in [3.05, 3.63) is 34.9 Å². The van der Waals surface area contributed by atoms with Gasteiger partial charge in [-0.3, -0.25) is 4.79 Å². The van der Waals surface area contributed by atoms with Crippen molar-refractivity contribution in [2.45, 2.75) is 51.6 Å². The molecule has 0 aromatic heterocycles. The van der Waals surface area contributed by atoms with Crippen LogP contribution >= 0.6 is 11.6 Å². The van der Waals surface area contributed by atoms with Crippen LogP contribution in [0.3, 0.4) is 0 Å². The zero-order valence-electron chi connectivity index (χ0n) is 13.1. The molecule has 0 spiro atoms. The van der Waals surface area contributed by atoms with Gasteiger partial charge in [0.2, 0.25) is 11.4 Å². The van der Waals surface area contributed by atoms with E-state index in [0.717, 1.165) is 19.3 Å². The minimum Gasteiger partial charge on any atom is -0.464 e. The van der Waals surface area contributed by atoms with E-state index in [1.807, 2.05) is 0 Å². The molecule has 0 saturated heterocycles. The third kappa shape index (κ3) is 4.82. The Kier molecular flexibility index (Phi) is 7.56. The van der Waals surface area contributed by atoms with Crippen LogP contribution in [0.2, 0.25) is 5.02 Å². The number of hydrogen-bond donors (Lipinski definition) is 1. The maximum atomic E-state index is 12.6. The van der Waals surface area contributed by atoms with Crippen LogP contribution in [0.4, 0.5) is 0 Å². The lowest BCUT2D eigenvalue weighted by atomic mass is 9.87. The molecule has 1 aromatic rings. The predicted molar refractivity (Wildman–Crippen MR) is 86.1 cm³/mol. The summed E-state index contributed by atoms with van der Waals surface area (Å²) < 4.78 is 4.89. The SMILES string of the molecule is CCCCCCC(O)(C(=O)OCC)C(=O)c1ccc(Cl)cc1. The zero-order chi connectivity index (χ0) is 16.6. The van der Waals surface area contributed by atoms with Crippen molar-refractivity contribution in [2.24, 2.45) is 0 Å². The first-order chi connectivity index (χ1) is 10.5. The van der Waals surface area contributed by atoms with Crippen molar-refractivity contribution in [1.82, 2.24) is 0 Å². The fourth-order valence-electron chi connectivity index (χ4n) is 2.21.